The number of aromatic nitrogens is 2. The fourth-order valence-electron chi connectivity index (χ4n) is 2.01. The Hall–Kier alpha value is -2.67. The molecule has 1 heterocycles. The Bertz CT molecular complexity index is 905. The number of anilines is 1. The molecule has 1 aromatic heterocycles. The average molecular weight is 329 g/mol. The second kappa shape index (κ2) is 6.21. The SMILES string of the molecule is CCS(=O)(=O)Nc1cccc(-c2noc(-c3ccccc3)n2)c1. The molecule has 118 valence electrons. The van der Waals surface area contributed by atoms with Crippen LogP contribution in [-0.2, 0) is 10.0 Å². The van der Waals surface area contributed by atoms with Crippen LogP contribution >= 0.6 is 0 Å². The summed E-state index contributed by atoms with van der Waals surface area (Å²) in [6.45, 7) is 1.58. The smallest absolute Gasteiger partial charge is 0.258 e. The summed E-state index contributed by atoms with van der Waals surface area (Å²) in [5.74, 6) is 0.832. The van der Waals surface area contributed by atoms with Gasteiger partial charge in [0.2, 0.25) is 15.8 Å². The maximum absolute atomic E-state index is 11.6. The Morgan fingerprint density at radius 2 is 1.78 bits per heavy atom. The molecule has 7 heteroatoms. The van der Waals surface area contributed by atoms with Gasteiger partial charge in [0.1, 0.15) is 0 Å². The van der Waals surface area contributed by atoms with E-state index >= 15 is 0 Å². The van der Waals surface area contributed by atoms with Crippen LogP contribution in [0.25, 0.3) is 22.8 Å². The fraction of sp³-hybridized carbons (Fsp3) is 0.125. The van der Waals surface area contributed by atoms with Gasteiger partial charge in [-0.3, -0.25) is 4.72 Å². The minimum atomic E-state index is -3.32. The molecular weight excluding hydrogens is 314 g/mol. The number of hydrogen-bond donors (Lipinski definition) is 1. The summed E-state index contributed by atoms with van der Waals surface area (Å²) < 4.78 is 31.1. The van der Waals surface area contributed by atoms with Crippen molar-refractivity contribution in [3.8, 4) is 22.8 Å². The molecule has 0 saturated heterocycles. The maximum atomic E-state index is 11.6. The molecule has 1 N–H and O–H groups in total. The van der Waals surface area contributed by atoms with Crippen LogP contribution in [0.4, 0.5) is 5.69 Å². The van der Waals surface area contributed by atoms with Gasteiger partial charge in [-0.25, -0.2) is 8.42 Å². The zero-order chi connectivity index (χ0) is 16.3. The minimum absolute atomic E-state index is 0.0115. The molecule has 0 saturated carbocycles. The van der Waals surface area contributed by atoms with E-state index in [9.17, 15) is 8.42 Å². The van der Waals surface area contributed by atoms with Gasteiger partial charge in [-0.1, -0.05) is 35.5 Å². The lowest BCUT2D eigenvalue weighted by Crippen LogP contribution is -2.14. The Morgan fingerprint density at radius 3 is 2.52 bits per heavy atom. The van der Waals surface area contributed by atoms with Crippen LogP contribution in [0.5, 0.6) is 0 Å². The van der Waals surface area contributed by atoms with Gasteiger partial charge in [-0.05, 0) is 31.2 Å². The molecule has 0 radical (unpaired) electrons. The summed E-state index contributed by atoms with van der Waals surface area (Å²) >= 11 is 0. The number of sulfonamides is 1. The van der Waals surface area contributed by atoms with Gasteiger partial charge in [0.25, 0.3) is 5.89 Å². The van der Waals surface area contributed by atoms with Crippen molar-refractivity contribution in [1.82, 2.24) is 10.1 Å². The predicted octanol–water partition coefficient (Wildman–Crippen LogP) is 3.17. The van der Waals surface area contributed by atoms with E-state index in [-0.39, 0.29) is 5.75 Å². The lowest BCUT2D eigenvalue weighted by molar-refractivity contribution is 0.432. The van der Waals surface area contributed by atoms with Crippen molar-refractivity contribution < 1.29 is 12.9 Å². The normalized spacial score (nSPS) is 11.3. The first kappa shape index (κ1) is 15.2. The summed E-state index contributed by atoms with van der Waals surface area (Å²) in [5.41, 5.74) is 1.97. The van der Waals surface area contributed by atoms with Crippen LogP contribution in [0.3, 0.4) is 0 Å². The maximum Gasteiger partial charge on any atom is 0.258 e. The van der Waals surface area contributed by atoms with Gasteiger partial charge >= 0.3 is 0 Å². The van der Waals surface area contributed by atoms with E-state index in [0.717, 1.165) is 5.56 Å². The molecule has 0 aliphatic heterocycles. The van der Waals surface area contributed by atoms with Crippen molar-refractivity contribution in [1.29, 1.82) is 0 Å². The highest BCUT2D eigenvalue weighted by molar-refractivity contribution is 7.92. The Morgan fingerprint density at radius 1 is 1.04 bits per heavy atom. The Kier molecular flexibility index (Phi) is 4.12. The first-order valence-corrected chi connectivity index (χ1v) is 8.73. The quantitative estimate of drug-likeness (QED) is 0.777. The Balaban J connectivity index is 1.90. The zero-order valence-corrected chi connectivity index (χ0v) is 13.2. The molecule has 3 aromatic rings. The van der Waals surface area contributed by atoms with Gasteiger partial charge in [0, 0.05) is 16.8 Å². The third-order valence-corrected chi connectivity index (χ3v) is 4.53. The standard InChI is InChI=1S/C16H15N3O3S/c1-2-23(20,21)19-14-10-6-9-13(11-14)15-17-16(22-18-15)12-7-4-3-5-8-12/h3-11,19H,2H2,1H3. The lowest BCUT2D eigenvalue weighted by atomic mass is 10.2. The van der Waals surface area contributed by atoms with Crippen LogP contribution in [0.2, 0.25) is 0 Å². The molecule has 6 nitrogen and oxygen atoms in total. The van der Waals surface area contributed by atoms with Crippen LogP contribution in [0.15, 0.2) is 59.1 Å². The molecule has 23 heavy (non-hydrogen) atoms. The van der Waals surface area contributed by atoms with E-state index in [2.05, 4.69) is 14.9 Å². The molecule has 3 rings (SSSR count). The van der Waals surface area contributed by atoms with E-state index in [0.29, 0.717) is 23.0 Å². The largest absolute Gasteiger partial charge is 0.334 e. The van der Waals surface area contributed by atoms with Crippen molar-refractivity contribution in [2.75, 3.05) is 10.5 Å². The molecule has 0 unspecified atom stereocenters. The van der Waals surface area contributed by atoms with E-state index < -0.39 is 10.0 Å². The topological polar surface area (TPSA) is 85.1 Å². The summed E-state index contributed by atoms with van der Waals surface area (Å²) in [6, 6.07) is 16.3. The molecule has 0 aliphatic carbocycles. The van der Waals surface area contributed by atoms with Crippen LogP contribution in [0, 0.1) is 0 Å². The van der Waals surface area contributed by atoms with Crippen molar-refractivity contribution in [3.05, 3.63) is 54.6 Å². The van der Waals surface area contributed by atoms with Gasteiger partial charge in [-0.2, -0.15) is 4.98 Å². The molecule has 0 atom stereocenters. The third-order valence-electron chi connectivity index (χ3n) is 3.22. The summed E-state index contributed by atoms with van der Waals surface area (Å²) in [7, 11) is -3.32. The van der Waals surface area contributed by atoms with E-state index in [1.54, 1.807) is 31.2 Å². The highest BCUT2D eigenvalue weighted by Gasteiger charge is 2.12. The molecule has 2 aromatic carbocycles. The van der Waals surface area contributed by atoms with Crippen molar-refractivity contribution in [3.63, 3.8) is 0 Å². The highest BCUT2D eigenvalue weighted by Crippen LogP contribution is 2.24. The second-order valence-electron chi connectivity index (χ2n) is 4.88. The van der Waals surface area contributed by atoms with Crippen LogP contribution in [-0.4, -0.2) is 24.3 Å². The van der Waals surface area contributed by atoms with Crippen molar-refractivity contribution in [2.24, 2.45) is 0 Å². The van der Waals surface area contributed by atoms with Crippen molar-refractivity contribution >= 4 is 15.7 Å². The van der Waals surface area contributed by atoms with Gasteiger partial charge in [0.15, 0.2) is 0 Å². The van der Waals surface area contributed by atoms with Crippen LogP contribution in [0.1, 0.15) is 6.92 Å². The molecule has 0 spiro atoms. The summed E-state index contributed by atoms with van der Waals surface area (Å²) in [5, 5.41) is 3.96. The predicted molar refractivity (Wildman–Crippen MR) is 88.3 cm³/mol. The monoisotopic (exact) mass is 329 g/mol. The molecule has 0 bridgehead atoms. The number of hydrogen-bond acceptors (Lipinski definition) is 5. The molecule has 0 amide bonds. The Labute approximate surface area is 134 Å². The lowest BCUT2D eigenvalue weighted by Gasteiger charge is -2.06. The number of rotatable bonds is 5. The third kappa shape index (κ3) is 3.57. The van der Waals surface area contributed by atoms with E-state index in [1.807, 2.05) is 30.3 Å². The number of nitrogens with zero attached hydrogens (tertiary/aromatic N) is 2. The molecule has 0 fully saturated rings. The fourth-order valence-corrected chi connectivity index (χ4v) is 2.64. The number of benzene rings is 2. The first-order chi connectivity index (χ1) is 11.1. The number of nitrogens with one attached hydrogen (secondary N) is 1. The van der Waals surface area contributed by atoms with Gasteiger partial charge in [0.05, 0.1) is 5.75 Å². The van der Waals surface area contributed by atoms with Gasteiger partial charge in [-0.15, -0.1) is 0 Å². The van der Waals surface area contributed by atoms with E-state index in [1.165, 1.54) is 0 Å². The first-order valence-electron chi connectivity index (χ1n) is 7.07. The zero-order valence-electron chi connectivity index (χ0n) is 12.4. The van der Waals surface area contributed by atoms with Crippen LogP contribution < -0.4 is 4.72 Å². The molecular formula is C16H15N3O3S. The minimum Gasteiger partial charge on any atom is -0.334 e. The second-order valence-corrected chi connectivity index (χ2v) is 6.89. The summed E-state index contributed by atoms with van der Waals surface area (Å²) in [4.78, 5) is 4.35. The average Bonchev–Trinajstić information content (AvgIpc) is 3.06. The summed E-state index contributed by atoms with van der Waals surface area (Å²) in [6.07, 6.45) is 0. The van der Waals surface area contributed by atoms with E-state index in [4.69, 9.17) is 4.52 Å². The van der Waals surface area contributed by atoms with Crippen molar-refractivity contribution in [2.45, 2.75) is 6.92 Å². The molecule has 0 aliphatic rings. The van der Waals surface area contributed by atoms with Gasteiger partial charge < -0.3 is 4.52 Å². The highest BCUT2D eigenvalue weighted by atomic mass is 32.2.